The summed E-state index contributed by atoms with van der Waals surface area (Å²) in [5, 5.41) is 9.25. The minimum atomic E-state index is -3.67. The van der Waals surface area contributed by atoms with Crippen molar-refractivity contribution in [1.29, 1.82) is 0 Å². The fourth-order valence-corrected chi connectivity index (χ4v) is 4.09. The number of hydrogen-bond acceptors (Lipinski definition) is 7. The first-order valence-electron chi connectivity index (χ1n) is 11.1. The predicted molar refractivity (Wildman–Crippen MR) is 118 cm³/mol. The molecule has 0 radical (unpaired) electrons. The third-order valence-corrected chi connectivity index (χ3v) is 6.16. The van der Waals surface area contributed by atoms with Crippen LogP contribution in [-0.2, 0) is 4.74 Å². The molecule has 5 rings (SSSR count). The molecule has 3 aromatic heterocycles. The van der Waals surface area contributed by atoms with Crippen molar-refractivity contribution in [2.45, 2.75) is 58.7 Å². The summed E-state index contributed by atoms with van der Waals surface area (Å²) in [7, 11) is 0. The number of ether oxygens (including phenoxy) is 1. The van der Waals surface area contributed by atoms with E-state index in [-0.39, 0.29) is 6.10 Å². The molecule has 0 amide bonds. The van der Waals surface area contributed by atoms with Crippen LogP contribution in [-0.4, -0.2) is 51.5 Å². The first kappa shape index (κ1) is 23.3. The van der Waals surface area contributed by atoms with E-state index in [4.69, 9.17) is 19.7 Å². The van der Waals surface area contributed by atoms with Gasteiger partial charge in [0.05, 0.1) is 30.7 Å². The summed E-state index contributed by atoms with van der Waals surface area (Å²) in [5.74, 6) is 1.29. The van der Waals surface area contributed by atoms with Gasteiger partial charge < -0.3 is 9.64 Å². The second kappa shape index (κ2) is 9.94. The molecule has 0 bridgehead atoms. The monoisotopic (exact) mass is 460 g/mol. The second-order valence-electron chi connectivity index (χ2n) is 8.48. The SMILES string of the molecule is Cc1cc([C@@H]2CN(c3nc(C4CCC4)c4cc(C)c(C)nc4n3)CCO2)cnn1.FC(F)F. The Morgan fingerprint density at radius 2 is 1.82 bits per heavy atom. The average molecular weight is 461 g/mol. The van der Waals surface area contributed by atoms with Gasteiger partial charge in [0.25, 0.3) is 0 Å². The Morgan fingerprint density at radius 1 is 1.06 bits per heavy atom. The summed E-state index contributed by atoms with van der Waals surface area (Å²) in [6.07, 6.45) is 5.41. The standard InChI is InChI=1S/C22H26N6O.CHF3/c1-13-9-18-20(16-5-4-6-16)25-22(26-21(18)24-15(13)3)28-7-8-29-19(12-28)17-10-14(2)27-23-11-17;2-1(3)4/h9-11,16,19H,4-8,12H2,1-3H3;1H/t19-;/m0./s1. The zero-order valence-corrected chi connectivity index (χ0v) is 18.9. The van der Waals surface area contributed by atoms with Crippen molar-refractivity contribution in [3.8, 4) is 0 Å². The van der Waals surface area contributed by atoms with Crippen molar-refractivity contribution >= 4 is 17.0 Å². The quantitative estimate of drug-likeness (QED) is 0.558. The van der Waals surface area contributed by atoms with Crippen molar-refractivity contribution in [1.82, 2.24) is 25.1 Å². The van der Waals surface area contributed by atoms with E-state index in [1.54, 1.807) is 6.20 Å². The summed E-state index contributed by atoms with van der Waals surface area (Å²) >= 11 is 0. The van der Waals surface area contributed by atoms with E-state index in [0.29, 0.717) is 19.1 Å². The van der Waals surface area contributed by atoms with Gasteiger partial charge in [0.2, 0.25) is 5.95 Å². The number of anilines is 1. The maximum absolute atomic E-state index is 9.67. The number of rotatable bonds is 3. The van der Waals surface area contributed by atoms with Gasteiger partial charge in [0.15, 0.2) is 5.65 Å². The lowest BCUT2D eigenvalue weighted by Gasteiger charge is -2.34. The number of alkyl halides is 3. The lowest BCUT2D eigenvalue weighted by Crippen LogP contribution is -2.39. The number of morpholine rings is 1. The van der Waals surface area contributed by atoms with Gasteiger partial charge in [0, 0.05) is 29.1 Å². The Balaban J connectivity index is 0.000000601. The minimum Gasteiger partial charge on any atom is -0.370 e. The summed E-state index contributed by atoms with van der Waals surface area (Å²) in [6.45, 7) is 4.54. The van der Waals surface area contributed by atoms with Crippen LogP contribution in [0.15, 0.2) is 18.3 Å². The molecule has 1 aliphatic carbocycles. The van der Waals surface area contributed by atoms with Crippen LogP contribution in [0.2, 0.25) is 0 Å². The number of nitrogens with zero attached hydrogens (tertiary/aromatic N) is 6. The van der Waals surface area contributed by atoms with Crippen LogP contribution in [0.3, 0.4) is 0 Å². The normalized spacial score (nSPS) is 18.8. The second-order valence-corrected chi connectivity index (χ2v) is 8.48. The molecule has 176 valence electrons. The molecule has 1 aliphatic heterocycles. The highest BCUT2D eigenvalue weighted by Crippen LogP contribution is 2.39. The molecule has 2 fully saturated rings. The molecule has 7 nitrogen and oxygen atoms in total. The molecule has 33 heavy (non-hydrogen) atoms. The van der Waals surface area contributed by atoms with Gasteiger partial charge in [-0.15, -0.1) is 0 Å². The van der Waals surface area contributed by atoms with Gasteiger partial charge in [-0.3, -0.25) is 0 Å². The van der Waals surface area contributed by atoms with Gasteiger partial charge in [-0.05, 0) is 51.3 Å². The fourth-order valence-electron chi connectivity index (χ4n) is 4.09. The molecule has 0 unspecified atom stereocenters. The van der Waals surface area contributed by atoms with Crippen LogP contribution in [0.1, 0.15) is 59.5 Å². The highest BCUT2D eigenvalue weighted by molar-refractivity contribution is 5.80. The molecule has 0 aromatic carbocycles. The van der Waals surface area contributed by atoms with Crippen LogP contribution in [0.4, 0.5) is 19.1 Å². The molecule has 1 atom stereocenters. The number of hydrogen-bond donors (Lipinski definition) is 0. The maximum atomic E-state index is 9.67. The van der Waals surface area contributed by atoms with E-state index in [2.05, 4.69) is 28.1 Å². The fraction of sp³-hybridized carbons (Fsp3) is 0.522. The number of pyridine rings is 1. The highest BCUT2D eigenvalue weighted by Gasteiger charge is 2.28. The third-order valence-electron chi connectivity index (χ3n) is 6.16. The molecule has 4 heterocycles. The van der Waals surface area contributed by atoms with Gasteiger partial charge in [-0.2, -0.15) is 28.4 Å². The molecule has 2 aliphatic rings. The Labute approximate surface area is 190 Å². The van der Waals surface area contributed by atoms with E-state index in [1.165, 1.54) is 24.8 Å². The number of halogens is 3. The summed E-state index contributed by atoms with van der Waals surface area (Å²) in [5.41, 5.74) is 6.14. The van der Waals surface area contributed by atoms with Crippen LogP contribution >= 0.6 is 0 Å². The predicted octanol–water partition coefficient (Wildman–Crippen LogP) is 4.76. The van der Waals surface area contributed by atoms with Crippen molar-refractivity contribution in [2.24, 2.45) is 0 Å². The first-order valence-corrected chi connectivity index (χ1v) is 11.1. The molecule has 0 spiro atoms. The Kier molecular flexibility index (Phi) is 7.02. The Bertz CT molecular complexity index is 1120. The van der Waals surface area contributed by atoms with Crippen molar-refractivity contribution in [2.75, 3.05) is 24.6 Å². The first-order chi connectivity index (χ1) is 15.8. The average Bonchev–Trinajstić information content (AvgIpc) is 2.73. The third kappa shape index (κ3) is 5.38. The minimum absolute atomic E-state index is 0.0582. The van der Waals surface area contributed by atoms with Crippen molar-refractivity contribution in [3.63, 3.8) is 0 Å². The van der Waals surface area contributed by atoms with Crippen LogP contribution < -0.4 is 4.90 Å². The van der Waals surface area contributed by atoms with E-state index in [0.717, 1.165) is 46.2 Å². The largest absolute Gasteiger partial charge is 0.379 e. The van der Waals surface area contributed by atoms with Crippen LogP contribution in [0, 0.1) is 20.8 Å². The van der Waals surface area contributed by atoms with Gasteiger partial charge in [0.1, 0.15) is 6.10 Å². The van der Waals surface area contributed by atoms with Gasteiger partial charge >= 0.3 is 6.68 Å². The Morgan fingerprint density at radius 3 is 2.48 bits per heavy atom. The van der Waals surface area contributed by atoms with E-state index < -0.39 is 6.68 Å². The van der Waals surface area contributed by atoms with E-state index in [1.807, 2.05) is 19.9 Å². The topological polar surface area (TPSA) is 76.9 Å². The van der Waals surface area contributed by atoms with E-state index in [9.17, 15) is 13.2 Å². The van der Waals surface area contributed by atoms with E-state index >= 15 is 0 Å². The van der Waals surface area contributed by atoms with Gasteiger partial charge in [-0.25, -0.2) is 9.97 Å². The summed E-state index contributed by atoms with van der Waals surface area (Å²) in [4.78, 5) is 16.9. The van der Waals surface area contributed by atoms with Crippen LogP contribution in [0.25, 0.3) is 11.0 Å². The molecule has 0 N–H and O–H groups in total. The lowest BCUT2D eigenvalue weighted by atomic mass is 9.81. The number of aromatic nitrogens is 5. The molecule has 3 aromatic rings. The van der Waals surface area contributed by atoms with Crippen molar-refractivity contribution < 1.29 is 17.9 Å². The highest BCUT2D eigenvalue weighted by atomic mass is 19.4. The molecule has 1 saturated heterocycles. The molecular formula is C23H27F3N6O. The van der Waals surface area contributed by atoms with Gasteiger partial charge in [-0.1, -0.05) is 6.42 Å². The lowest BCUT2D eigenvalue weighted by molar-refractivity contribution is 0.00819. The zero-order chi connectivity index (χ0) is 23.5. The van der Waals surface area contributed by atoms with Crippen molar-refractivity contribution in [3.05, 3.63) is 46.5 Å². The summed E-state index contributed by atoms with van der Waals surface area (Å²) in [6, 6.07) is 4.25. The zero-order valence-electron chi connectivity index (χ0n) is 18.9. The molecule has 10 heteroatoms. The summed E-state index contributed by atoms with van der Waals surface area (Å²) < 4.78 is 35.0. The Hall–Kier alpha value is -2.88. The maximum Gasteiger partial charge on any atom is 0.379 e. The molecular weight excluding hydrogens is 433 g/mol. The number of fused-ring (bicyclic) bond motifs is 1. The number of aryl methyl sites for hydroxylation is 3. The van der Waals surface area contributed by atoms with Crippen LogP contribution in [0.5, 0.6) is 0 Å². The molecule has 1 saturated carbocycles. The smallest absolute Gasteiger partial charge is 0.370 e.